The lowest BCUT2D eigenvalue weighted by Gasteiger charge is -2.07. The van der Waals surface area contributed by atoms with Crippen LogP contribution >= 0.6 is 23.1 Å². The van der Waals surface area contributed by atoms with Gasteiger partial charge in [-0.15, -0.1) is 5.10 Å². The third kappa shape index (κ3) is 3.82. The van der Waals surface area contributed by atoms with Crippen LogP contribution in [-0.2, 0) is 0 Å². The highest BCUT2D eigenvalue weighted by molar-refractivity contribution is 7.07. The molecule has 9 nitrogen and oxygen atoms in total. The van der Waals surface area contributed by atoms with Crippen LogP contribution in [0.1, 0.15) is 5.69 Å². The first kappa shape index (κ1) is 18.0. The van der Waals surface area contributed by atoms with E-state index in [1.165, 1.54) is 12.4 Å². The average Bonchev–Trinajstić information content (AvgIpc) is 3.36. The Hall–Kier alpha value is -3.37. The number of ether oxygens (including phenoxy) is 1. The Balaban J connectivity index is 1.51. The summed E-state index contributed by atoms with van der Waals surface area (Å²) < 4.78 is 14.0. The summed E-state index contributed by atoms with van der Waals surface area (Å²) >= 11 is 7.28. The van der Waals surface area contributed by atoms with Crippen LogP contribution in [0.2, 0.25) is 5.02 Å². The molecule has 0 aliphatic rings. The van der Waals surface area contributed by atoms with Crippen molar-refractivity contribution in [3.8, 4) is 27.6 Å². The number of anilines is 1. The van der Waals surface area contributed by atoms with Crippen molar-refractivity contribution in [2.45, 2.75) is 6.92 Å². The van der Waals surface area contributed by atoms with E-state index in [-0.39, 0.29) is 5.82 Å². The molecule has 11 heteroatoms. The Morgan fingerprint density at radius 1 is 1.25 bits per heavy atom. The molecule has 1 N–H and O–H groups in total. The molecule has 3 heterocycles. The molecular formula is C17H11ClN6O3S. The van der Waals surface area contributed by atoms with Crippen molar-refractivity contribution in [3.63, 3.8) is 0 Å². The second kappa shape index (κ2) is 7.71. The van der Waals surface area contributed by atoms with Crippen LogP contribution in [0, 0.1) is 6.92 Å². The smallest absolute Gasteiger partial charge is 0.395 e. The fourth-order valence-corrected chi connectivity index (χ4v) is 3.04. The average molecular weight is 415 g/mol. The van der Waals surface area contributed by atoms with Gasteiger partial charge in [-0.05, 0) is 25.1 Å². The molecule has 0 unspecified atom stereocenters. The molecular weight excluding hydrogens is 404 g/mol. The van der Waals surface area contributed by atoms with Gasteiger partial charge in [0, 0.05) is 28.7 Å². The fraction of sp³-hybridized carbons (Fsp3) is 0.0588. The predicted octanol–water partition coefficient (Wildman–Crippen LogP) is 4.22. The van der Waals surface area contributed by atoms with E-state index < -0.39 is 6.09 Å². The molecule has 0 saturated carbocycles. The molecule has 0 atom stereocenters. The van der Waals surface area contributed by atoms with E-state index in [2.05, 4.69) is 30.0 Å². The highest BCUT2D eigenvalue weighted by Gasteiger charge is 2.13. The molecule has 0 bridgehead atoms. The quantitative estimate of drug-likeness (QED) is 0.527. The zero-order chi connectivity index (χ0) is 19.5. The zero-order valence-electron chi connectivity index (χ0n) is 14.3. The van der Waals surface area contributed by atoms with Gasteiger partial charge in [-0.3, -0.25) is 10.3 Å². The van der Waals surface area contributed by atoms with E-state index in [0.717, 1.165) is 17.1 Å². The van der Waals surface area contributed by atoms with E-state index in [1.54, 1.807) is 25.3 Å². The van der Waals surface area contributed by atoms with Gasteiger partial charge in [0.1, 0.15) is 5.69 Å². The summed E-state index contributed by atoms with van der Waals surface area (Å²) in [4.78, 5) is 20.4. The van der Waals surface area contributed by atoms with Gasteiger partial charge in [0.2, 0.25) is 5.06 Å². The van der Waals surface area contributed by atoms with E-state index in [9.17, 15) is 4.79 Å². The first-order chi connectivity index (χ1) is 13.6. The number of benzene rings is 1. The maximum atomic E-state index is 11.9. The first-order valence-electron chi connectivity index (χ1n) is 7.91. The van der Waals surface area contributed by atoms with Gasteiger partial charge in [0.25, 0.3) is 0 Å². The molecule has 0 aliphatic carbocycles. The summed E-state index contributed by atoms with van der Waals surface area (Å²) in [5.74, 6) is 0.839. The summed E-state index contributed by atoms with van der Waals surface area (Å²) in [6, 6.07) is 7.14. The Morgan fingerprint density at radius 3 is 2.82 bits per heavy atom. The monoisotopic (exact) mass is 414 g/mol. The van der Waals surface area contributed by atoms with E-state index in [1.807, 2.05) is 12.1 Å². The van der Waals surface area contributed by atoms with Crippen molar-refractivity contribution >= 4 is 35.0 Å². The normalized spacial score (nSPS) is 10.6. The molecule has 0 aliphatic heterocycles. The van der Waals surface area contributed by atoms with Crippen LogP contribution in [0.15, 0.2) is 47.4 Å². The molecule has 0 fully saturated rings. The summed E-state index contributed by atoms with van der Waals surface area (Å²) in [5, 5.41) is 10.8. The van der Waals surface area contributed by atoms with Gasteiger partial charge in [0.15, 0.2) is 11.6 Å². The van der Waals surface area contributed by atoms with Crippen molar-refractivity contribution < 1.29 is 14.1 Å². The topological polar surface area (TPSA) is 116 Å². The van der Waals surface area contributed by atoms with Gasteiger partial charge in [-0.2, -0.15) is 0 Å². The number of hydrogen-bond acceptors (Lipinski definition) is 9. The van der Waals surface area contributed by atoms with Gasteiger partial charge in [0.05, 0.1) is 29.3 Å². The molecule has 0 saturated heterocycles. The lowest BCUT2D eigenvalue weighted by atomic mass is 10.1. The van der Waals surface area contributed by atoms with Gasteiger partial charge in [-0.25, -0.2) is 9.78 Å². The third-order valence-electron chi connectivity index (χ3n) is 3.64. The maximum absolute atomic E-state index is 11.9. The van der Waals surface area contributed by atoms with Crippen LogP contribution < -0.4 is 10.1 Å². The second-order valence-corrected chi connectivity index (χ2v) is 6.64. The fourth-order valence-electron chi connectivity index (χ4n) is 2.30. The second-order valence-electron chi connectivity index (χ2n) is 5.52. The molecule has 4 aromatic rings. The minimum atomic E-state index is -0.707. The van der Waals surface area contributed by atoms with Crippen molar-refractivity contribution in [1.29, 1.82) is 0 Å². The van der Waals surface area contributed by atoms with E-state index in [4.69, 9.17) is 20.9 Å². The minimum Gasteiger partial charge on any atom is -0.395 e. The van der Waals surface area contributed by atoms with Crippen molar-refractivity contribution in [2.24, 2.45) is 0 Å². The number of rotatable bonds is 4. The lowest BCUT2D eigenvalue weighted by molar-refractivity contribution is 0.216. The summed E-state index contributed by atoms with van der Waals surface area (Å²) in [7, 11) is 0. The van der Waals surface area contributed by atoms with Gasteiger partial charge < -0.3 is 9.26 Å². The van der Waals surface area contributed by atoms with Crippen LogP contribution in [-0.4, -0.2) is 30.8 Å². The molecule has 0 radical (unpaired) electrons. The van der Waals surface area contributed by atoms with Gasteiger partial charge in [-0.1, -0.05) is 21.2 Å². The SMILES string of the molecule is Cc1nnsc1OC(=O)Nc1cnc(-c2cc(-c3ccno3)ccc2Cl)cn1. The minimum absolute atomic E-state index is 0.228. The molecule has 1 aromatic carbocycles. The van der Waals surface area contributed by atoms with Gasteiger partial charge >= 0.3 is 6.09 Å². The number of halogens is 1. The zero-order valence-corrected chi connectivity index (χ0v) is 15.9. The van der Waals surface area contributed by atoms with Crippen molar-refractivity contribution in [1.82, 2.24) is 24.7 Å². The molecule has 28 heavy (non-hydrogen) atoms. The Kier molecular flexibility index (Phi) is 4.96. The first-order valence-corrected chi connectivity index (χ1v) is 9.06. The van der Waals surface area contributed by atoms with Crippen LogP contribution in [0.5, 0.6) is 5.06 Å². The highest BCUT2D eigenvalue weighted by Crippen LogP contribution is 2.31. The molecule has 4 rings (SSSR count). The molecule has 140 valence electrons. The molecule has 1 amide bonds. The maximum Gasteiger partial charge on any atom is 0.419 e. The Bertz CT molecular complexity index is 1110. The van der Waals surface area contributed by atoms with Crippen LogP contribution in [0.3, 0.4) is 0 Å². The number of carbonyl (C=O) groups excluding carboxylic acids is 1. The summed E-state index contributed by atoms with van der Waals surface area (Å²) in [6.07, 6.45) is 3.76. The number of hydrogen-bond donors (Lipinski definition) is 1. The molecule has 3 aromatic heterocycles. The van der Waals surface area contributed by atoms with E-state index >= 15 is 0 Å². The van der Waals surface area contributed by atoms with Crippen molar-refractivity contribution in [2.75, 3.05) is 5.32 Å². The Morgan fingerprint density at radius 2 is 2.14 bits per heavy atom. The van der Waals surface area contributed by atoms with E-state index in [0.29, 0.717) is 32.8 Å². The highest BCUT2D eigenvalue weighted by atomic mass is 35.5. The number of aromatic nitrogens is 5. The van der Waals surface area contributed by atoms with Crippen molar-refractivity contribution in [3.05, 3.63) is 53.6 Å². The largest absolute Gasteiger partial charge is 0.419 e. The lowest BCUT2D eigenvalue weighted by Crippen LogP contribution is -2.17. The number of amides is 1. The van der Waals surface area contributed by atoms with Crippen LogP contribution in [0.4, 0.5) is 10.6 Å². The third-order valence-corrected chi connectivity index (χ3v) is 4.68. The predicted molar refractivity (Wildman–Crippen MR) is 102 cm³/mol. The number of nitrogens with zero attached hydrogens (tertiary/aromatic N) is 5. The standard InChI is InChI=1S/C17H11ClN6O3S/c1-9-16(28-24-23-9)26-17(25)22-15-8-19-13(7-20-15)11-6-10(2-3-12(11)18)14-4-5-21-27-14/h2-8H,1H3,(H,20,22,25). The van der Waals surface area contributed by atoms with Crippen LogP contribution in [0.25, 0.3) is 22.6 Å². The number of nitrogens with one attached hydrogen (secondary N) is 1. The summed E-state index contributed by atoms with van der Waals surface area (Å²) in [6.45, 7) is 1.69. The molecule has 0 spiro atoms. The summed E-state index contributed by atoms with van der Waals surface area (Å²) in [5.41, 5.74) is 2.54. The Labute approximate surface area is 167 Å². The number of carbonyl (C=O) groups is 1. The number of aryl methyl sites for hydroxylation is 1.